The van der Waals surface area contributed by atoms with Crippen LogP contribution in [-0.2, 0) is 9.53 Å². The Balaban J connectivity index is 1.79. The molecule has 2 N–H and O–H groups in total. The smallest absolute Gasteiger partial charge is 0.340 e. The Morgan fingerprint density at radius 2 is 1.85 bits per heavy atom. The molecular formula is C20H24N2O4. The monoisotopic (exact) mass is 356 g/mol. The van der Waals surface area contributed by atoms with E-state index in [2.05, 4.69) is 10.6 Å². The zero-order valence-electron chi connectivity index (χ0n) is 15.3. The largest absolute Gasteiger partial charge is 0.492 e. The molecule has 6 heteroatoms. The molecule has 2 aromatic carbocycles. The van der Waals surface area contributed by atoms with E-state index in [-0.39, 0.29) is 12.5 Å². The van der Waals surface area contributed by atoms with E-state index in [9.17, 15) is 9.59 Å². The molecule has 6 nitrogen and oxygen atoms in total. The number of anilines is 1. The molecule has 0 heterocycles. The van der Waals surface area contributed by atoms with Crippen LogP contribution in [0.15, 0.2) is 42.5 Å². The van der Waals surface area contributed by atoms with Gasteiger partial charge in [-0.1, -0.05) is 24.3 Å². The lowest BCUT2D eigenvalue weighted by molar-refractivity contribution is -0.119. The molecule has 0 spiro atoms. The van der Waals surface area contributed by atoms with Gasteiger partial charge >= 0.3 is 5.97 Å². The molecule has 1 amide bonds. The second kappa shape index (κ2) is 9.46. The number of carbonyl (C=O) groups is 2. The van der Waals surface area contributed by atoms with Crippen molar-refractivity contribution in [3.05, 3.63) is 59.2 Å². The third-order valence-corrected chi connectivity index (χ3v) is 3.78. The highest BCUT2D eigenvalue weighted by molar-refractivity contribution is 5.97. The van der Waals surface area contributed by atoms with Crippen molar-refractivity contribution in [3.8, 4) is 5.75 Å². The Morgan fingerprint density at radius 3 is 2.58 bits per heavy atom. The van der Waals surface area contributed by atoms with Gasteiger partial charge in [-0.15, -0.1) is 0 Å². The zero-order chi connectivity index (χ0) is 18.9. The van der Waals surface area contributed by atoms with E-state index < -0.39 is 5.97 Å². The highest BCUT2D eigenvalue weighted by Gasteiger charge is 2.15. The Kier molecular flexibility index (Phi) is 7.02. The molecule has 138 valence electrons. The first-order chi connectivity index (χ1) is 12.5. The van der Waals surface area contributed by atoms with Gasteiger partial charge < -0.3 is 20.1 Å². The molecule has 0 atom stereocenters. The van der Waals surface area contributed by atoms with Gasteiger partial charge in [-0.05, 0) is 43.2 Å². The third-order valence-electron chi connectivity index (χ3n) is 3.78. The molecule has 0 radical (unpaired) electrons. The number of aryl methyl sites for hydroxylation is 2. The maximum atomic E-state index is 12.0. The number of nitrogens with one attached hydrogen (secondary N) is 2. The minimum Gasteiger partial charge on any atom is -0.492 e. The second-order valence-electron chi connectivity index (χ2n) is 5.86. The van der Waals surface area contributed by atoms with E-state index in [0.29, 0.717) is 24.4 Å². The van der Waals surface area contributed by atoms with Crippen molar-refractivity contribution < 1.29 is 19.1 Å². The quantitative estimate of drug-likeness (QED) is 0.562. The van der Waals surface area contributed by atoms with Gasteiger partial charge in [0.2, 0.25) is 5.91 Å². The van der Waals surface area contributed by atoms with Crippen LogP contribution in [0.5, 0.6) is 5.75 Å². The summed E-state index contributed by atoms with van der Waals surface area (Å²) in [6.45, 7) is 4.64. The lowest BCUT2D eigenvalue weighted by Crippen LogP contribution is -2.33. The van der Waals surface area contributed by atoms with Gasteiger partial charge in [-0.3, -0.25) is 4.79 Å². The van der Waals surface area contributed by atoms with E-state index in [1.807, 2.05) is 50.2 Å². The maximum Gasteiger partial charge on any atom is 0.340 e. The van der Waals surface area contributed by atoms with Gasteiger partial charge in [0.25, 0.3) is 0 Å². The van der Waals surface area contributed by atoms with Gasteiger partial charge in [0.05, 0.1) is 25.8 Å². The van der Waals surface area contributed by atoms with Gasteiger partial charge in [-0.2, -0.15) is 0 Å². The average Bonchev–Trinajstić information content (AvgIpc) is 2.63. The summed E-state index contributed by atoms with van der Waals surface area (Å²) in [5.74, 6) is 0.160. The first-order valence-electron chi connectivity index (χ1n) is 8.39. The number of rotatable bonds is 8. The number of hydrogen-bond acceptors (Lipinski definition) is 5. The van der Waals surface area contributed by atoms with E-state index >= 15 is 0 Å². The fourth-order valence-electron chi connectivity index (χ4n) is 2.49. The van der Waals surface area contributed by atoms with Gasteiger partial charge in [0.15, 0.2) is 0 Å². The number of amides is 1. The maximum absolute atomic E-state index is 12.0. The van der Waals surface area contributed by atoms with Crippen molar-refractivity contribution in [1.82, 2.24) is 5.32 Å². The number of esters is 1. The van der Waals surface area contributed by atoms with Crippen molar-refractivity contribution >= 4 is 17.6 Å². The summed E-state index contributed by atoms with van der Waals surface area (Å²) in [4.78, 5) is 23.9. The first-order valence-corrected chi connectivity index (χ1v) is 8.39. The van der Waals surface area contributed by atoms with Crippen LogP contribution in [0.25, 0.3) is 0 Å². The summed E-state index contributed by atoms with van der Waals surface area (Å²) in [6.07, 6.45) is 0. The van der Waals surface area contributed by atoms with E-state index in [4.69, 9.17) is 9.47 Å². The normalized spacial score (nSPS) is 10.1. The summed E-state index contributed by atoms with van der Waals surface area (Å²) in [6, 6.07) is 13.1. The molecule has 26 heavy (non-hydrogen) atoms. The standard InChI is InChI=1S/C20H24N2O4/c1-14-6-4-8-16(12-14)26-11-10-21-18(23)13-22-17-9-5-7-15(2)19(17)20(24)25-3/h4-9,12,22H,10-11,13H2,1-3H3,(H,21,23). The Hall–Kier alpha value is -3.02. The second-order valence-corrected chi connectivity index (χ2v) is 5.86. The van der Waals surface area contributed by atoms with Crippen molar-refractivity contribution in [2.24, 2.45) is 0 Å². The minimum atomic E-state index is -0.433. The average molecular weight is 356 g/mol. The predicted molar refractivity (Wildman–Crippen MR) is 101 cm³/mol. The first kappa shape index (κ1) is 19.3. The molecular weight excluding hydrogens is 332 g/mol. The van der Waals surface area contributed by atoms with Crippen LogP contribution in [0.3, 0.4) is 0 Å². The third kappa shape index (κ3) is 5.51. The van der Waals surface area contributed by atoms with E-state index in [1.165, 1.54) is 7.11 Å². The number of hydrogen-bond donors (Lipinski definition) is 2. The summed E-state index contributed by atoms with van der Waals surface area (Å²) in [5.41, 5.74) is 2.91. The topological polar surface area (TPSA) is 76.7 Å². The fourth-order valence-corrected chi connectivity index (χ4v) is 2.49. The van der Waals surface area contributed by atoms with E-state index in [1.54, 1.807) is 6.07 Å². The minimum absolute atomic E-state index is 0.0535. The van der Waals surface area contributed by atoms with Crippen LogP contribution in [0.1, 0.15) is 21.5 Å². The van der Waals surface area contributed by atoms with Crippen LogP contribution >= 0.6 is 0 Å². The molecule has 2 rings (SSSR count). The molecule has 0 aliphatic heterocycles. The molecule has 0 bridgehead atoms. The number of benzene rings is 2. The SMILES string of the molecule is COC(=O)c1c(C)cccc1NCC(=O)NCCOc1cccc(C)c1. The Bertz CT molecular complexity index is 774. The van der Waals surface area contributed by atoms with Crippen molar-refractivity contribution in [3.63, 3.8) is 0 Å². The molecule has 0 saturated carbocycles. The predicted octanol–water partition coefficient (Wildman–Crippen LogP) is 2.70. The Morgan fingerprint density at radius 1 is 1.08 bits per heavy atom. The van der Waals surface area contributed by atoms with Gasteiger partial charge in [-0.25, -0.2) is 4.79 Å². The lowest BCUT2D eigenvalue weighted by atomic mass is 10.1. The van der Waals surface area contributed by atoms with Crippen LogP contribution in [0, 0.1) is 13.8 Å². The van der Waals surface area contributed by atoms with Crippen LogP contribution < -0.4 is 15.4 Å². The number of methoxy groups -OCH3 is 1. The molecule has 0 aliphatic rings. The summed E-state index contributed by atoms with van der Waals surface area (Å²) in [7, 11) is 1.33. The van der Waals surface area contributed by atoms with Gasteiger partial charge in [0.1, 0.15) is 12.4 Å². The fraction of sp³-hybridized carbons (Fsp3) is 0.300. The molecule has 0 unspecified atom stereocenters. The highest BCUT2D eigenvalue weighted by Crippen LogP contribution is 2.20. The van der Waals surface area contributed by atoms with Crippen molar-refractivity contribution in [2.75, 3.05) is 32.1 Å². The highest BCUT2D eigenvalue weighted by atomic mass is 16.5. The number of carbonyl (C=O) groups excluding carboxylic acids is 2. The van der Waals surface area contributed by atoms with Crippen molar-refractivity contribution in [1.29, 1.82) is 0 Å². The van der Waals surface area contributed by atoms with E-state index in [0.717, 1.165) is 16.9 Å². The van der Waals surface area contributed by atoms with Crippen LogP contribution in [0.4, 0.5) is 5.69 Å². The molecule has 0 aliphatic carbocycles. The molecule has 0 fully saturated rings. The lowest BCUT2D eigenvalue weighted by Gasteiger charge is -2.13. The zero-order valence-corrected chi connectivity index (χ0v) is 15.3. The molecule has 0 saturated heterocycles. The summed E-state index contributed by atoms with van der Waals surface area (Å²) < 4.78 is 10.4. The molecule has 0 aromatic heterocycles. The van der Waals surface area contributed by atoms with Crippen molar-refractivity contribution in [2.45, 2.75) is 13.8 Å². The summed E-state index contributed by atoms with van der Waals surface area (Å²) >= 11 is 0. The summed E-state index contributed by atoms with van der Waals surface area (Å²) in [5, 5.41) is 5.75. The van der Waals surface area contributed by atoms with Crippen LogP contribution in [-0.4, -0.2) is 38.7 Å². The molecule has 2 aromatic rings. The Labute approximate surface area is 153 Å². The number of ether oxygens (including phenoxy) is 2. The van der Waals surface area contributed by atoms with Gasteiger partial charge in [0, 0.05) is 5.69 Å². The van der Waals surface area contributed by atoms with Crippen LogP contribution in [0.2, 0.25) is 0 Å².